The maximum absolute atomic E-state index is 11.0. The molecule has 3 aromatic rings. The summed E-state index contributed by atoms with van der Waals surface area (Å²) >= 11 is 0. The summed E-state index contributed by atoms with van der Waals surface area (Å²) in [6.07, 6.45) is 3.41. The molecule has 0 heterocycles. The van der Waals surface area contributed by atoms with Gasteiger partial charge in [0.25, 0.3) is 0 Å². The van der Waals surface area contributed by atoms with E-state index in [2.05, 4.69) is 52.0 Å². The molecule has 34 heavy (non-hydrogen) atoms. The Morgan fingerprint density at radius 1 is 0.588 bits per heavy atom. The van der Waals surface area contributed by atoms with E-state index >= 15 is 0 Å². The highest BCUT2D eigenvalue weighted by molar-refractivity contribution is 5.51. The highest BCUT2D eigenvalue weighted by Crippen LogP contribution is 2.43. The first-order chi connectivity index (χ1) is 16.1. The molecule has 0 unspecified atom stereocenters. The second-order valence-corrected chi connectivity index (χ2v) is 10.4. The van der Waals surface area contributed by atoms with Crippen molar-refractivity contribution in [3.8, 4) is 23.0 Å². The number of rotatable bonds is 10. The van der Waals surface area contributed by atoms with Crippen molar-refractivity contribution in [3.63, 3.8) is 0 Å². The first kappa shape index (κ1) is 25.5. The summed E-state index contributed by atoms with van der Waals surface area (Å²) in [7, 11) is 3.33. The van der Waals surface area contributed by atoms with Crippen molar-refractivity contribution >= 4 is 0 Å². The number of phenolic OH excluding ortho intramolecular Hbond substituents is 2. The third-order valence-corrected chi connectivity index (χ3v) is 6.97. The Morgan fingerprint density at radius 2 is 0.912 bits per heavy atom. The van der Waals surface area contributed by atoms with Crippen molar-refractivity contribution in [1.82, 2.24) is 0 Å². The van der Waals surface area contributed by atoms with Crippen LogP contribution >= 0.6 is 0 Å². The zero-order valence-corrected chi connectivity index (χ0v) is 21.3. The molecule has 0 aliphatic rings. The largest absolute Gasteiger partial charge is 0.508 e. The number of benzene rings is 3. The number of ether oxygens (including phenoxy) is 2. The zero-order chi connectivity index (χ0) is 24.9. The molecule has 0 saturated heterocycles. The van der Waals surface area contributed by atoms with E-state index in [0.717, 1.165) is 48.3 Å². The smallest absolute Gasteiger partial charge is 0.119 e. The van der Waals surface area contributed by atoms with Gasteiger partial charge < -0.3 is 19.7 Å². The number of aryl methyl sites for hydroxylation is 2. The van der Waals surface area contributed by atoms with Crippen molar-refractivity contribution in [2.75, 3.05) is 14.2 Å². The van der Waals surface area contributed by atoms with Gasteiger partial charge in [-0.15, -0.1) is 0 Å². The highest BCUT2D eigenvalue weighted by Gasteiger charge is 2.30. The molecule has 3 rings (SSSR count). The highest BCUT2D eigenvalue weighted by atomic mass is 16.5. The van der Waals surface area contributed by atoms with E-state index in [0.29, 0.717) is 0 Å². The lowest BCUT2D eigenvalue weighted by molar-refractivity contribution is 0.392. The molecule has 3 aromatic carbocycles. The molecular weight excluding hydrogens is 424 g/mol. The number of hydrogen-bond donors (Lipinski definition) is 2. The van der Waals surface area contributed by atoms with Crippen LogP contribution in [0, 0.1) is 0 Å². The lowest BCUT2D eigenvalue weighted by atomic mass is 9.75. The van der Waals surface area contributed by atoms with Crippen molar-refractivity contribution in [2.45, 2.75) is 64.2 Å². The zero-order valence-electron chi connectivity index (χ0n) is 21.3. The van der Waals surface area contributed by atoms with E-state index < -0.39 is 0 Å². The van der Waals surface area contributed by atoms with E-state index in [1.807, 2.05) is 24.3 Å². The Morgan fingerprint density at radius 3 is 1.21 bits per heavy atom. The molecule has 0 spiro atoms. The first-order valence-corrected chi connectivity index (χ1v) is 11.9. The molecule has 4 nitrogen and oxygen atoms in total. The van der Waals surface area contributed by atoms with Gasteiger partial charge in [-0.05, 0) is 84.0 Å². The van der Waals surface area contributed by atoms with Crippen LogP contribution in [0.3, 0.4) is 0 Å². The Hall–Kier alpha value is -3.14. The average molecular weight is 463 g/mol. The fraction of sp³-hybridized carbons (Fsp3) is 0.400. The van der Waals surface area contributed by atoms with E-state index in [1.165, 1.54) is 11.1 Å². The summed E-state index contributed by atoms with van der Waals surface area (Å²) in [6.45, 7) is 8.44. The van der Waals surface area contributed by atoms with Crippen LogP contribution in [0.5, 0.6) is 23.0 Å². The van der Waals surface area contributed by atoms with Gasteiger partial charge in [0.2, 0.25) is 0 Å². The van der Waals surface area contributed by atoms with Crippen LogP contribution in [0.15, 0.2) is 60.7 Å². The molecule has 0 bridgehead atoms. The van der Waals surface area contributed by atoms with E-state index in [-0.39, 0.29) is 22.3 Å². The summed E-state index contributed by atoms with van der Waals surface area (Å²) in [6, 6.07) is 19.7. The van der Waals surface area contributed by atoms with Crippen LogP contribution < -0.4 is 9.47 Å². The number of hydrogen-bond acceptors (Lipinski definition) is 4. The second kappa shape index (κ2) is 10.4. The van der Waals surface area contributed by atoms with Crippen LogP contribution in [-0.2, 0) is 23.7 Å². The van der Waals surface area contributed by atoms with Gasteiger partial charge >= 0.3 is 0 Å². The normalized spacial score (nSPS) is 11.9. The summed E-state index contributed by atoms with van der Waals surface area (Å²) in [5.74, 6) is 2.17. The van der Waals surface area contributed by atoms with Gasteiger partial charge in [0.1, 0.15) is 23.0 Å². The molecule has 182 valence electrons. The molecule has 4 heteroatoms. The van der Waals surface area contributed by atoms with Crippen LogP contribution in [0.1, 0.15) is 62.8 Å². The molecule has 0 aliphatic carbocycles. The first-order valence-electron chi connectivity index (χ1n) is 11.9. The van der Waals surface area contributed by atoms with Gasteiger partial charge in [0.05, 0.1) is 14.2 Å². The van der Waals surface area contributed by atoms with Crippen molar-refractivity contribution in [2.24, 2.45) is 0 Å². The van der Waals surface area contributed by atoms with Crippen molar-refractivity contribution in [1.29, 1.82) is 0 Å². The Kier molecular flexibility index (Phi) is 7.81. The number of methoxy groups -OCH3 is 2. The average Bonchev–Trinajstić information content (AvgIpc) is 2.83. The van der Waals surface area contributed by atoms with Gasteiger partial charge in [-0.1, -0.05) is 52.0 Å². The predicted octanol–water partition coefficient (Wildman–Crippen LogP) is 6.94. The topological polar surface area (TPSA) is 58.9 Å². The molecule has 0 saturated carbocycles. The van der Waals surface area contributed by atoms with Gasteiger partial charge in [-0.3, -0.25) is 0 Å². The number of phenols is 2. The third kappa shape index (κ3) is 6.05. The summed E-state index contributed by atoms with van der Waals surface area (Å²) in [4.78, 5) is 0. The molecular formula is C30H38O4. The van der Waals surface area contributed by atoms with Gasteiger partial charge in [0.15, 0.2) is 0 Å². The van der Waals surface area contributed by atoms with E-state index in [1.54, 1.807) is 26.4 Å². The molecule has 0 aromatic heterocycles. The maximum atomic E-state index is 11.0. The lowest BCUT2D eigenvalue weighted by Gasteiger charge is -2.30. The summed E-state index contributed by atoms with van der Waals surface area (Å²) in [5.41, 5.74) is 3.38. The lowest BCUT2D eigenvalue weighted by Crippen LogP contribution is -2.21. The SMILES string of the molecule is COc1ccc(CCC(C)(C)c2cc(O)c(C(C)(C)CCc3ccc(OC)cc3)cc2O)cc1. The van der Waals surface area contributed by atoms with Crippen LogP contribution in [0.4, 0.5) is 0 Å². The van der Waals surface area contributed by atoms with Crippen molar-refractivity contribution < 1.29 is 19.7 Å². The molecule has 0 radical (unpaired) electrons. The molecule has 0 atom stereocenters. The van der Waals surface area contributed by atoms with Gasteiger partial charge in [-0.2, -0.15) is 0 Å². The summed E-state index contributed by atoms with van der Waals surface area (Å²) < 4.78 is 10.5. The molecule has 0 fully saturated rings. The minimum absolute atomic E-state index is 0.241. The minimum atomic E-state index is -0.298. The number of aromatic hydroxyl groups is 2. The quantitative estimate of drug-likeness (QED) is 0.321. The standard InChI is InChI=1S/C30H38O4/c1-29(2,17-15-21-7-11-23(33-5)12-8-21)25-19-28(32)26(20-27(25)31)30(3,4)18-16-22-9-13-24(34-6)14-10-22/h7-14,19-20,31-32H,15-18H2,1-6H3. The molecule has 0 aliphatic heterocycles. The van der Waals surface area contributed by atoms with Gasteiger partial charge in [-0.25, -0.2) is 0 Å². The predicted molar refractivity (Wildman–Crippen MR) is 138 cm³/mol. The van der Waals surface area contributed by atoms with Crippen molar-refractivity contribution in [3.05, 3.63) is 82.9 Å². The monoisotopic (exact) mass is 462 g/mol. The van der Waals surface area contributed by atoms with Crippen LogP contribution in [0.2, 0.25) is 0 Å². The second-order valence-electron chi connectivity index (χ2n) is 10.4. The minimum Gasteiger partial charge on any atom is -0.508 e. The van der Waals surface area contributed by atoms with E-state index in [9.17, 15) is 10.2 Å². The Balaban J connectivity index is 1.73. The van der Waals surface area contributed by atoms with Crippen LogP contribution in [0.25, 0.3) is 0 Å². The van der Waals surface area contributed by atoms with E-state index in [4.69, 9.17) is 9.47 Å². The van der Waals surface area contributed by atoms with Crippen LogP contribution in [-0.4, -0.2) is 24.4 Å². The maximum Gasteiger partial charge on any atom is 0.119 e. The Bertz CT molecular complexity index is 991. The summed E-state index contributed by atoms with van der Waals surface area (Å²) in [5, 5.41) is 22.0. The van der Waals surface area contributed by atoms with Gasteiger partial charge in [0, 0.05) is 11.1 Å². The molecule has 0 amide bonds. The molecule has 2 N–H and O–H groups in total. The third-order valence-electron chi connectivity index (χ3n) is 6.97. The fourth-order valence-electron chi connectivity index (χ4n) is 4.43. The Labute approximate surface area is 204 Å². The fourth-order valence-corrected chi connectivity index (χ4v) is 4.43.